The minimum absolute atomic E-state index is 0. The summed E-state index contributed by atoms with van der Waals surface area (Å²) in [6, 6.07) is 21.7. The highest BCUT2D eigenvalue weighted by Crippen LogP contribution is 2.26. The number of nitrogens with two attached hydrogens (primary N) is 1. The first-order chi connectivity index (χ1) is 9.85. The highest BCUT2D eigenvalue weighted by Gasteiger charge is 2.03. The summed E-state index contributed by atoms with van der Waals surface area (Å²) in [4.78, 5) is 0. The summed E-state index contributed by atoms with van der Waals surface area (Å²) in [6.07, 6.45) is 0. The van der Waals surface area contributed by atoms with E-state index in [9.17, 15) is 0 Å². The summed E-state index contributed by atoms with van der Waals surface area (Å²) in [5, 5.41) is 0. The fourth-order valence-corrected chi connectivity index (χ4v) is 1.98. The summed E-state index contributed by atoms with van der Waals surface area (Å²) >= 11 is 0. The molecule has 3 nitrogen and oxygen atoms in total. The minimum atomic E-state index is 0. The molecule has 0 amide bonds. The molecule has 0 aliphatic carbocycles. The van der Waals surface area contributed by atoms with Crippen LogP contribution in [-0.4, -0.2) is 0 Å². The normalized spacial score (nSPS) is 9.95. The van der Waals surface area contributed by atoms with Gasteiger partial charge >= 0.3 is 0 Å². The monoisotopic (exact) mass is 301 g/mol. The van der Waals surface area contributed by atoms with E-state index in [1.54, 1.807) is 6.07 Å². The molecule has 0 atom stereocenters. The molecule has 108 valence electrons. The van der Waals surface area contributed by atoms with Crippen LogP contribution in [0.1, 0.15) is 5.76 Å². The quantitative estimate of drug-likeness (QED) is 0.765. The van der Waals surface area contributed by atoms with Crippen molar-refractivity contribution >= 4 is 12.4 Å². The predicted molar refractivity (Wildman–Crippen MR) is 85.8 cm³/mol. The van der Waals surface area contributed by atoms with E-state index >= 15 is 0 Å². The number of hydrogen-bond acceptors (Lipinski definition) is 3. The molecule has 4 heteroatoms. The van der Waals surface area contributed by atoms with Gasteiger partial charge in [-0.05, 0) is 29.3 Å². The van der Waals surface area contributed by atoms with Gasteiger partial charge in [-0.2, -0.15) is 0 Å². The fraction of sp³-hybridized carbons (Fsp3) is 0.0588. The van der Waals surface area contributed by atoms with Gasteiger partial charge in [0.25, 0.3) is 5.95 Å². The van der Waals surface area contributed by atoms with E-state index < -0.39 is 0 Å². The Kier molecular flexibility index (Phi) is 5.04. The van der Waals surface area contributed by atoms with Crippen LogP contribution < -0.4 is 10.5 Å². The third-order valence-corrected chi connectivity index (χ3v) is 3.02. The average Bonchev–Trinajstić information content (AvgIpc) is 2.97. The van der Waals surface area contributed by atoms with Crippen molar-refractivity contribution < 1.29 is 9.15 Å². The number of rotatable bonds is 4. The smallest absolute Gasteiger partial charge is 0.290 e. The van der Waals surface area contributed by atoms with Gasteiger partial charge in [0.15, 0.2) is 0 Å². The Labute approximate surface area is 129 Å². The van der Waals surface area contributed by atoms with Crippen molar-refractivity contribution in [1.82, 2.24) is 0 Å². The van der Waals surface area contributed by atoms with Gasteiger partial charge in [-0.1, -0.05) is 42.5 Å². The van der Waals surface area contributed by atoms with Crippen molar-refractivity contribution in [2.45, 2.75) is 6.54 Å². The molecule has 0 saturated heterocycles. The highest BCUT2D eigenvalue weighted by molar-refractivity contribution is 5.85. The van der Waals surface area contributed by atoms with Crippen LogP contribution in [0.4, 0.5) is 0 Å². The summed E-state index contributed by atoms with van der Waals surface area (Å²) in [6.45, 7) is 0.371. The summed E-state index contributed by atoms with van der Waals surface area (Å²) in [5.74, 6) is 1.90. The maximum absolute atomic E-state index is 5.63. The molecule has 0 saturated carbocycles. The number of benzene rings is 2. The number of ether oxygens (including phenoxy) is 1. The molecule has 0 aliphatic rings. The van der Waals surface area contributed by atoms with E-state index in [4.69, 9.17) is 14.9 Å². The SMILES string of the molecule is Cl.NCc1ccc(Oc2ccc(-c3ccccc3)cc2)o1. The van der Waals surface area contributed by atoms with Gasteiger partial charge in [0.2, 0.25) is 0 Å². The van der Waals surface area contributed by atoms with Crippen molar-refractivity contribution in [1.29, 1.82) is 0 Å². The van der Waals surface area contributed by atoms with E-state index in [-0.39, 0.29) is 12.4 Å². The number of halogens is 1. The van der Waals surface area contributed by atoms with Gasteiger partial charge < -0.3 is 14.9 Å². The molecule has 0 bridgehead atoms. The average molecular weight is 302 g/mol. The Morgan fingerprint density at radius 1 is 0.810 bits per heavy atom. The standard InChI is InChI=1S/C17H15NO2.ClH/c18-12-16-10-11-17(20-16)19-15-8-6-14(7-9-15)13-4-2-1-3-5-13;/h1-11H,12,18H2;1H. The van der Waals surface area contributed by atoms with Gasteiger partial charge in [-0.15, -0.1) is 12.4 Å². The Morgan fingerprint density at radius 3 is 2.10 bits per heavy atom. The van der Waals surface area contributed by atoms with Gasteiger partial charge in [0.1, 0.15) is 11.5 Å². The Balaban J connectivity index is 0.00000161. The van der Waals surface area contributed by atoms with Gasteiger partial charge in [-0.25, -0.2) is 0 Å². The second kappa shape index (κ2) is 6.97. The van der Waals surface area contributed by atoms with E-state index in [1.807, 2.05) is 48.5 Å². The van der Waals surface area contributed by atoms with Crippen molar-refractivity contribution in [3.05, 3.63) is 72.5 Å². The largest absolute Gasteiger partial charge is 0.429 e. The highest BCUT2D eigenvalue weighted by atomic mass is 35.5. The molecule has 0 fully saturated rings. The molecular formula is C17H16ClNO2. The molecule has 3 aromatic rings. The Bertz CT molecular complexity index is 678. The van der Waals surface area contributed by atoms with Gasteiger partial charge in [-0.3, -0.25) is 0 Å². The maximum Gasteiger partial charge on any atom is 0.290 e. The van der Waals surface area contributed by atoms with E-state index in [0.29, 0.717) is 18.3 Å². The van der Waals surface area contributed by atoms with Crippen LogP contribution in [-0.2, 0) is 6.54 Å². The van der Waals surface area contributed by atoms with E-state index in [0.717, 1.165) is 11.3 Å². The Morgan fingerprint density at radius 2 is 1.48 bits per heavy atom. The third-order valence-electron chi connectivity index (χ3n) is 3.02. The fourth-order valence-electron chi connectivity index (χ4n) is 1.98. The molecule has 2 aromatic carbocycles. The first-order valence-corrected chi connectivity index (χ1v) is 6.47. The van der Waals surface area contributed by atoms with Crippen LogP contribution in [0.5, 0.6) is 11.7 Å². The predicted octanol–water partition coefficient (Wildman–Crippen LogP) is 4.62. The van der Waals surface area contributed by atoms with Crippen molar-refractivity contribution in [3.8, 4) is 22.8 Å². The number of hydrogen-bond donors (Lipinski definition) is 1. The second-order valence-electron chi connectivity index (χ2n) is 4.42. The first-order valence-electron chi connectivity index (χ1n) is 6.47. The minimum Gasteiger partial charge on any atom is -0.429 e. The van der Waals surface area contributed by atoms with Crippen LogP contribution >= 0.6 is 12.4 Å². The summed E-state index contributed by atoms with van der Waals surface area (Å²) in [5.41, 5.74) is 7.83. The lowest BCUT2D eigenvalue weighted by atomic mass is 10.1. The van der Waals surface area contributed by atoms with Crippen LogP contribution in [0, 0.1) is 0 Å². The zero-order valence-electron chi connectivity index (χ0n) is 11.4. The first kappa shape index (κ1) is 15.2. The van der Waals surface area contributed by atoms with Crippen molar-refractivity contribution in [2.24, 2.45) is 5.73 Å². The summed E-state index contributed by atoms with van der Waals surface area (Å²) in [7, 11) is 0. The lowest BCUT2D eigenvalue weighted by molar-refractivity contribution is 0.333. The zero-order chi connectivity index (χ0) is 13.8. The molecule has 21 heavy (non-hydrogen) atoms. The van der Waals surface area contributed by atoms with E-state index in [2.05, 4.69) is 12.1 Å². The van der Waals surface area contributed by atoms with Crippen LogP contribution in [0.3, 0.4) is 0 Å². The molecule has 1 heterocycles. The zero-order valence-corrected chi connectivity index (χ0v) is 12.2. The Hall–Kier alpha value is -2.23. The van der Waals surface area contributed by atoms with E-state index in [1.165, 1.54) is 5.56 Å². The van der Waals surface area contributed by atoms with Crippen molar-refractivity contribution in [3.63, 3.8) is 0 Å². The van der Waals surface area contributed by atoms with Gasteiger partial charge in [0, 0.05) is 6.07 Å². The molecule has 1 aromatic heterocycles. The molecule has 0 aliphatic heterocycles. The molecule has 0 unspecified atom stereocenters. The molecule has 2 N–H and O–H groups in total. The summed E-state index contributed by atoms with van der Waals surface area (Å²) < 4.78 is 11.0. The molecular weight excluding hydrogens is 286 g/mol. The van der Waals surface area contributed by atoms with Crippen LogP contribution in [0.15, 0.2) is 71.1 Å². The topological polar surface area (TPSA) is 48.4 Å². The molecule has 3 rings (SSSR count). The van der Waals surface area contributed by atoms with Crippen LogP contribution in [0.2, 0.25) is 0 Å². The van der Waals surface area contributed by atoms with Crippen LogP contribution in [0.25, 0.3) is 11.1 Å². The second-order valence-corrected chi connectivity index (χ2v) is 4.42. The van der Waals surface area contributed by atoms with Crippen molar-refractivity contribution in [2.75, 3.05) is 0 Å². The lowest BCUT2D eigenvalue weighted by Crippen LogP contribution is -1.92. The molecule has 0 spiro atoms. The van der Waals surface area contributed by atoms with Gasteiger partial charge in [0.05, 0.1) is 6.54 Å². The maximum atomic E-state index is 5.63. The number of furan rings is 1. The third kappa shape index (κ3) is 3.66. The lowest BCUT2D eigenvalue weighted by Gasteiger charge is -2.04. The molecule has 0 radical (unpaired) electrons.